The zero-order valence-electron chi connectivity index (χ0n) is 8.59. The molecule has 0 unspecified atom stereocenters. The minimum Gasteiger partial charge on any atom is -0.344 e. The van der Waals surface area contributed by atoms with Crippen LogP contribution in [0, 0.1) is 0 Å². The van der Waals surface area contributed by atoms with Gasteiger partial charge < -0.3 is 4.57 Å². The Bertz CT molecular complexity index is 735. The molecule has 2 aliphatic heterocycles. The van der Waals surface area contributed by atoms with E-state index in [-0.39, 0.29) is 0 Å². The predicted molar refractivity (Wildman–Crippen MR) is 63.3 cm³/mol. The summed E-state index contributed by atoms with van der Waals surface area (Å²) in [6, 6.07) is 8.40. The molecule has 0 saturated carbocycles. The van der Waals surface area contributed by atoms with Crippen molar-refractivity contribution in [2.45, 2.75) is 6.54 Å². The molecular weight excluding hydrogens is 198 g/mol. The maximum atomic E-state index is 4.34. The van der Waals surface area contributed by atoms with Gasteiger partial charge in [0.05, 0.1) is 11.0 Å². The fourth-order valence-electron chi connectivity index (χ4n) is 2.42. The van der Waals surface area contributed by atoms with Crippen LogP contribution < -0.4 is 10.6 Å². The zero-order chi connectivity index (χ0) is 10.5. The summed E-state index contributed by atoms with van der Waals surface area (Å²) in [4.78, 5) is 8.57. The van der Waals surface area contributed by atoms with E-state index in [0.29, 0.717) is 0 Å². The van der Waals surface area contributed by atoms with E-state index in [1.165, 1.54) is 16.5 Å². The molecule has 0 amide bonds. The SMILES string of the molecule is C1=Nc2ccc3c(c2=N1)=CCn1cccc1-3. The van der Waals surface area contributed by atoms with E-state index in [9.17, 15) is 0 Å². The van der Waals surface area contributed by atoms with E-state index in [0.717, 1.165) is 17.6 Å². The third kappa shape index (κ3) is 0.877. The maximum Gasteiger partial charge on any atom is 0.116 e. The molecule has 0 aliphatic carbocycles. The van der Waals surface area contributed by atoms with Gasteiger partial charge in [-0.1, -0.05) is 6.08 Å². The van der Waals surface area contributed by atoms with Crippen LogP contribution in [0.2, 0.25) is 0 Å². The Morgan fingerprint density at radius 2 is 2.19 bits per heavy atom. The van der Waals surface area contributed by atoms with Gasteiger partial charge in [-0.05, 0) is 24.3 Å². The van der Waals surface area contributed by atoms with Crippen LogP contribution in [0.5, 0.6) is 0 Å². The van der Waals surface area contributed by atoms with E-state index in [1.54, 1.807) is 6.34 Å². The first kappa shape index (κ1) is 8.05. The summed E-state index contributed by atoms with van der Waals surface area (Å²) in [5.41, 5.74) is 3.50. The number of hydrogen-bond acceptors (Lipinski definition) is 2. The second-order valence-electron chi connectivity index (χ2n) is 4.02. The molecule has 76 valence electrons. The van der Waals surface area contributed by atoms with Gasteiger partial charge in [0.2, 0.25) is 0 Å². The molecular formula is C13H9N3. The lowest BCUT2D eigenvalue weighted by molar-refractivity contribution is 0.855. The molecule has 0 N–H and O–H groups in total. The van der Waals surface area contributed by atoms with Gasteiger partial charge in [-0.15, -0.1) is 0 Å². The summed E-state index contributed by atoms with van der Waals surface area (Å²) >= 11 is 0. The van der Waals surface area contributed by atoms with Crippen LogP contribution in [0.15, 0.2) is 40.4 Å². The number of hydrogen-bond donors (Lipinski definition) is 0. The van der Waals surface area contributed by atoms with Gasteiger partial charge in [-0.3, -0.25) is 0 Å². The normalized spacial score (nSPS) is 14.8. The second kappa shape index (κ2) is 2.70. The van der Waals surface area contributed by atoms with Crippen LogP contribution in [0.25, 0.3) is 17.3 Å². The quantitative estimate of drug-likeness (QED) is 0.622. The van der Waals surface area contributed by atoms with Crippen molar-refractivity contribution in [3.8, 4) is 11.3 Å². The highest BCUT2D eigenvalue weighted by atomic mass is 15.0. The highest BCUT2D eigenvalue weighted by Crippen LogP contribution is 2.20. The minimum atomic E-state index is 0.918. The van der Waals surface area contributed by atoms with E-state index in [4.69, 9.17) is 0 Å². The second-order valence-corrected chi connectivity index (χ2v) is 4.02. The summed E-state index contributed by atoms with van der Waals surface area (Å²) in [5, 5.41) is 2.24. The monoisotopic (exact) mass is 207 g/mol. The van der Waals surface area contributed by atoms with Crippen LogP contribution in [0.1, 0.15) is 0 Å². The summed E-state index contributed by atoms with van der Waals surface area (Å²) in [7, 11) is 0. The van der Waals surface area contributed by atoms with E-state index >= 15 is 0 Å². The largest absolute Gasteiger partial charge is 0.344 e. The summed E-state index contributed by atoms with van der Waals surface area (Å²) in [6.45, 7) is 0.918. The van der Waals surface area contributed by atoms with Crippen molar-refractivity contribution < 1.29 is 0 Å². The Labute approximate surface area is 92.1 Å². The van der Waals surface area contributed by atoms with Crippen molar-refractivity contribution in [1.29, 1.82) is 0 Å². The molecule has 0 atom stereocenters. The Morgan fingerprint density at radius 1 is 1.19 bits per heavy atom. The van der Waals surface area contributed by atoms with Crippen LogP contribution in [-0.4, -0.2) is 10.9 Å². The van der Waals surface area contributed by atoms with Gasteiger partial charge in [0.15, 0.2) is 0 Å². The first-order valence-corrected chi connectivity index (χ1v) is 5.32. The molecule has 0 radical (unpaired) electrons. The van der Waals surface area contributed by atoms with Crippen LogP contribution in [0.4, 0.5) is 5.69 Å². The molecule has 1 aromatic carbocycles. The molecule has 3 nitrogen and oxygen atoms in total. The lowest BCUT2D eigenvalue weighted by Gasteiger charge is -2.13. The van der Waals surface area contributed by atoms with Crippen LogP contribution in [0.3, 0.4) is 0 Å². The average molecular weight is 207 g/mol. The summed E-state index contributed by atoms with van der Waals surface area (Å²) < 4.78 is 2.24. The molecule has 2 aromatic rings. The van der Waals surface area contributed by atoms with Crippen molar-refractivity contribution in [3.63, 3.8) is 0 Å². The first-order chi connectivity index (χ1) is 7.93. The van der Waals surface area contributed by atoms with Crippen molar-refractivity contribution >= 4 is 18.1 Å². The van der Waals surface area contributed by atoms with Crippen molar-refractivity contribution in [3.05, 3.63) is 41.0 Å². The summed E-state index contributed by atoms with van der Waals surface area (Å²) in [5.74, 6) is 0. The van der Waals surface area contributed by atoms with Crippen LogP contribution in [-0.2, 0) is 6.54 Å². The molecule has 3 heterocycles. The number of aliphatic imine (C=N–C) groups is 1. The molecule has 4 rings (SSSR count). The molecule has 16 heavy (non-hydrogen) atoms. The first-order valence-electron chi connectivity index (χ1n) is 5.32. The van der Waals surface area contributed by atoms with E-state index in [1.807, 2.05) is 6.07 Å². The Kier molecular flexibility index (Phi) is 1.36. The van der Waals surface area contributed by atoms with Gasteiger partial charge in [-0.25, -0.2) is 9.98 Å². The lowest BCUT2D eigenvalue weighted by Crippen LogP contribution is -2.29. The predicted octanol–water partition coefficient (Wildman–Crippen LogP) is 1.24. The Morgan fingerprint density at radius 3 is 3.19 bits per heavy atom. The van der Waals surface area contributed by atoms with Gasteiger partial charge in [-0.2, -0.15) is 0 Å². The van der Waals surface area contributed by atoms with Crippen LogP contribution >= 0.6 is 0 Å². The smallest absolute Gasteiger partial charge is 0.116 e. The third-order valence-electron chi connectivity index (χ3n) is 3.18. The number of benzene rings is 1. The van der Waals surface area contributed by atoms with Crippen molar-refractivity contribution in [2.24, 2.45) is 9.98 Å². The lowest BCUT2D eigenvalue weighted by atomic mass is 10.0. The van der Waals surface area contributed by atoms with E-state index in [2.05, 4.69) is 45.0 Å². The fraction of sp³-hybridized carbons (Fsp3) is 0.0769. The molecule has 3 heteroatoms. The van der Waals surface area contributed by atoms with Crippen molar-refractivity contribution in [1.82, 2.24) is 4.57 Å². The molecule has 0 saturated heterocycles. The summed E-state index contributed by atoms with van der Waals surface area (Å²) in [6.07, 6.45) is 5.96. The number of nitrogens with zero attached hydrogens (tertiary/aromatic N) is 3. The highest BCUT2D eigenvalue weighted by molar-refractivity contribution is 5.72. The average Bonchev–Trinajstić information content (AvgIpc) is 2.96. The highest BCUT2D eigenvalue weighted by Gasteiger charge is 2.13. The van der Waals surface area contributed by atoms with Gasteiger partial charge in [0, 0.05) is 29.2 Å². The topological polar surface area (TPSA) is 29.6 Å². The van der Waals surface area contributed by atoms with E-state index < -0.39 is 0 Å². The Hall–Kier alpha value is -2.16. The standard InChI is InChI=1S/C13H9N3/c1-2-12-9-3-4-11-13(15-8-14-11)10(9)5-7-16(12)6-1/h1-6,8H,7H2. The minimum absolute atomic E-state index is 0.918. The molecule has 0 bridgehead atoms. The molecule has 0 spiro atoms. The molecule has 0 fully saturated rings. The van der Waals surface area contributed by atoms with Gasteiger partial charge in [0.1, 0.15) is 6.34 Å². The third-order valence-corrected chi connectivity index (χ3v) is 3.18. The van der Waals surface area contributed by atoms with Crippen molar-refractivity contribution in [2.75, 3.05) is 0 Å². The maximum absolute atomic E-state index is 4.34. The zero-order valence-corrected chi connectivity index (χ0v) is 8.59. The molecule has 1 aromatic heterocycles. The molecule has 2 aliphatic rings. The van der Waals surface area contributed by atoms with Gasteiger partial charge >= 0.3 is 0 Å². The Balaban J connectivity index is 2.18. The number of fused-ring (bicyclic) bond motifs is 5. The number of rotatable bonds is 0. The van der Waals surface area contributed by atoms with Gasteiger partial charge in [0.25, 0.3) is 0 Å². The fourth-order valence-corrected chi connectivity index (χ4v) is 2.42. The number of aromatic nitrogens is 1.